The van der Waals surface area contributed by atoms with Gasteiger partial charge in [0.2, 0.25) is 5.91 Å². The first kappa shape index (κ1) is 15.3. The topological polar surface area (TPSA) is 66.4 Å². The molecule has 1 atom stereocenters. The van der Waals surface area contributed by atoms with Crippen LogP contribution in [0.1, 0.15) is 29.0 Å². The lowest BCUT2D eigenvalue weighted by Crippen LogP contribution is -2.34. The minimum atomic E-state index is -0.132. The van der Waals surface area contributed by atoms with Gasteiger partial charge in [0.1, 0.15) is 5.69 Å². The van der Waals surface area contributed by atoms with Crippen molar-refractivity contribution in [1.29, 1.82) is 0 Å². The Morgan fingerprint density at radius 2 is 2.17 bits per heavy atom. The summed E-state index contributed by atoms with van der Waals surface area (Å²) in [6.45, 7) is 3.80. The summed E-state index contributed by atoms with van der Waals surface area (Å²) in [5, 5.41) is 3.98. The third kappa shape index (κ3) is 2.58. The first-order chi connectivity index (χ1) is 11.6. The zero-order valence-electron chi connectivity index (χ0n) is 13.4. The van der Waals surface area contributed by atoms with Crippen LogP contribution in [0.4, 0.5) is 5.69 Å². The van der Waals surface area contributed by atoms with Crippen molar-refractivity contribution in [2.45, 2.75) is 19.8 Å². The zero-order valence-corrected chi connectivity index (χ0v) is 14.3. The second-order valence-corrected chi connectivity index (χ2v) is 7.44. The van der Waals surface area contributed by atoms with Crippen molar-refractivity contribution < 1.29 is 9.59 Å². The third-order valence-corrected chi connectivity index (χ3v) is 5.54. The largest absolute Gasteiger partial charge is 0.337 e. The van der Waals surface area contributed by atoms with Crippen molar-refractivity contribution in [3.05, 3.63) is 40.6 Å². The maximum Gasteiger partial charge on any atom is 0.274 e. The van der Waals surface area contributed by atoms with E-state index in [2.05, 4.69) is 9.97 Å². The molecule has 2 fully saturated rings. The van der Waals surface area contributed by atoms with Gasteiger partial charge >= 0.3 is 0 Å². The van der Waals surface area contributed by atoms with Crippen LogP contribution < -0.4 is 4.90 Å². The Balaban J connectivity index is 1.49. The summed E-state index contributed by atoms with van der Waals surface area (Å²) < 4.78 is 0. The number of aryl methyl sites for hydroxylation is 1. The molecular formula is C17H18N4O2S. The molecule has 1 spiro atoms. The van der Waals surface area contributed by atoms with Crippen LogP contribution in [0.3, 0.4) is 0 Å². The number of likely N-dealkylation sites (tertiary alicyclic amines) is 1. The Morgan fingerprint density at radius 3 is 2.88 bits per heavy atom. The summed E-state index contributed by atoms with van der Waals surface area (Å²) >= 11 is 1.59. The molecule has 4 rings (SSSR count). The van der Waals surface area contributed by atoms with E-state index in [1.165, 1.54) is 6.20 Å². The molecule has 0 radical (unpaired) electrons. The number of thiophene rings is 1. The molecular weight excluding hydrogens is 324 g/mol. The minimum absolute atomic E-state index is 0.0965. The number of aromatic nitrogens is 2. The number of anilines is 1. The molecule has 0 aromatic carbocycles. The molecule has 0 unspecified atom stereocenters. The van der Waals surface area contributed by atoms with Crippen molar-refractivity contribution in [3.8, 4) is 0 Å². The molecule has 2 aliphatic heterocycles. The highest BCUT2D eigenvalue weighted by Gasteiger charge is 2.49. The summed E-state index contributed by atoms with van der Waals surface area (Å²) in [6.07, 6.45) is 4.49. The lowest BCUT2D eigenvalue weighted by molar-refractivity contribution is -0.117. The molecule has 0 saturated carbocycles. The van der Waals surface area contributed by atoms with Gasteiger partial charge in [-0.25, -0.2) is 4.98 Å². The zero-order chi connectivity index (χ0) is 16.7. The highest BCUT2D eigenvalue weighted by atomic mass is 32.1. The number of hydrogen-bond acceptors (Lipinski definition) is 5. The van der Waals surface area contributed by atoms with Crippen LogP contribution in [0, 0.1) is 12.3 Å². The van der Waals surface area contributed by atoms with Gasteiger partial charge in [-0.05, 0) is 24.8 Å². The van der Waals surface area contributed by atoms with E-state index in [9.17, 15) is 9.59 Å². The van der Waals surface area contributed by atoms with Crippen LogP contribution in [-0.2, 0) is 4.79 Å². The third-order valence-electron chi connectivity index (χ3n) is 4.86. The Bertz CT molecular complexity index is 774. The van der Waals surface area contributed by atoms with E-state index in [1.54, 1.807) is 17.5 Å². The lowest BCUT2D eigenvalue weighted by Gasteiger charge is -2.23. The standard InChI is InChI=1S/C17H18N4O2S/c1-12-7-19-14(8-18-12)16(23)20-4-3-17(10-20)6-15(22)21(11-17)13-2-5-24-9-13/h2,5,7-9H,3-4,6,10-11H2,1H3/t17-/m0/s1. The van der Waals surface area contributed by atoms with Crippen LogP contribution >= 0.6 is 11.3 Å². The van der Waals surface area contributed by atoms with E-state index in [-0.39, 0.29) is 17.2 Å². The number of nitrogens with zero attached hydrogens (tertiary/aromatic N) is 4. The molecule has 2 aliphatic rings. The maximum absolute atomic E-state index is 12.6. The maximum atomic E-state index is 12.6. The average Bonchev–Trinajstić information content (AvgIpc) is 3.29. The molecule has 7 heteroatoms. The van der Waals surface area contributed by atoms with Gasteiger partial charge in [-0.15, -0.1) is 0 Å². The molecule has 2 aromatic heterocycles. The summed E-state index contributed by atoms with van der Waals surface area (Å²) in [4.78, 5) is 37.0. The molecule has 2 aromatic rings. The Kier molecular flexibility index (Phi) is 3.60. The van der Waals surface area contributed by atoms with E-state index >= 15 is 0 Å². The van der Waals surface area contributed by atoms with Gasteiger partial charge < -0.3 is 9.80 Å². The van der Waals surface area contributed by atoms with Gasteiger partial charge in [-0.2, -0.15) is 11.3 Å². The van der Waals surface area contributed by atoms with E-state index < -0.39 is 0 Å². The molecule has 4 heterocycles. The number of amides is 2. The number of carbonyl (C=O) groups excluding carboxylic acids is 2. The molecule has 6 nitrogen and oxygen atoms in total. The normalized spacial score (nSPS) is 23.5. The second kappa shape index (κ2) is 5.66. The SMILES string of the molecule is Cc1cnc(C(=O)N2CC[C@]3(CC(=O)N(c4ccsc4)C3)C2)cn1. The van der Waals surface area contributed by atoms with Crippen molar-refractivity contribution in [2.24, 2.45) is 5.41 Å². The molecule has 0 N–H and O–H groups in total. The van der Waals surface area contributed by atoms with Crippen LogP contribution in [0.2, 0.25) is 0 Å². The quantitative estimate of drug-likeness (QED) is 0.838. The van der Waals surface area contributed by atoms with Gasteiger partial charge in [0.15, 0.2) is 0 Å². The van der Waals surface area contributed by atoms with Crippen LogP contribution in [0.15, 0.2) is 29.2 Å². The fourth-order valence-electron chi connectivity index (χ4n) is 3.59. The van der Waals surface area contributed by atoms with E-state index in [4.69, 9.17) is 0 Å². The fourth-order valence-corrected chi connectivity index (χ4v) is 4.23. The van der Waals surface area contributed by atoms with Crippen molar-refractivity contribution in [3.63, 3.8) is 0 Å². The van der Waals surface area contributed by atoms with Gasteiger partial charge in [0, 0.05) is 43.0 Å². The van der Waals surface area contributed by atoms with Crippen LogP contribution in [0.5, 0.6) is 0 Å². The predicted molar refractivity (Wildman–Crippen MR) is 91.0 cm³/mol. The summed E-state index contributed by atoms with van der Waals surface area (Å²) in [5.41, 5.74) is 2.00. The summed E-state index contributed by atoms with van der Waals surface area (Å²) in [5.74, 6) is 0.0543. The summed E-state index contributed by atoms with van der Waals surface area (Å²) in [6, 6.07) is 1.97. The van der Waals surface area contributed by atoms with E-state index in [1.807, 2.05) is 33.6 Å². The monoisotopic (exact) mass is 342 g/mol. The van der Waals surface area contributed by atoms with Gasteiger partial charge in [0.05, 0.1) is 17.6 Å². The first-order valence-corrected chi connectivity index (χ1v) is 8.91. The highest BCUT2D eigenvalue weighted by molar-refractivity contribution is 7.08. The van der Waals surface area contributed by atoms with Crippen molar-refractivity contribution in [1.82, 2.24) is 14.9 Å². The molecule has 0 aliphatic carbocycles. The average molecular weight is 342 g/mol. The molecule has 2 amide bonds. The molecule has 24 heavy (non-hydrogen) atoms. The molecule has 2 saturated heterocycles. The van der Waals surface area contributed by atoms with Gasteiger partial charge in [0.25, 0.3) is 5.91 Å². The Morgan fingerprint density at radius 1 is 1.29 bits per heavy atom. The molecule has 124 valence electrons. The smallest absolute Gasteiger partial charge is 0.274 e. The highest BCUT2D eigenvalue weighted by Crippen LogP contribution is 2.42. The van der Waals surface area contributed by atoms with Gasteiger partial charge in [-0.1, -0.05) is 0 Å². The lowest BCUT2D eigenvalue weighted by atomic mass is 9.86. The fraction of sp³-hybridized carbons (Fsp3) is 0.412. The second-order valence-electron chi connectivity index (χ2n) is 6.66. The number of hydrogen-bond donors (Lipinski definition) is 0. The van der Waals surface area contributed by atoms with Crippen molar-refractivity contribution >= 4 is 28.8 Å². The number of rotatable bonds is 2. The molecule has 0 bridgehead atoms. The Hall–Kier alpha value is -2.28. The van der Waals surface area contributed by atoms with Crippen LogP contribution in [0.25, 0.3) is 0 Å². The Labute approximate surface area is 144 Å². The minimum Gasteiger partial charge on any atom is -0.337 e. The van der Waals surface area contributed by atoms with Crippen molar-refractivity contribution in [2.75, 3.05) is 24.5 Å². The van der Waals surface area contributed by atoms with E-state index in [0.717, 1.165) is 17.8 Å². The number of carbonyl (C=O) groups is 2. The van der Waals surface area contributed by atoms with Gasteiger partial charge in [-0.3, -0.25) is 14.6 Å². The predicted octanol–water partition coefficient (Wildman–Crippen LogP) is 2.12. The first-order valence-electron chi connectivity index (χ1n) is 7.97. The summed E-state index contributed by atoms with van der Waals surface area (Å²) in [7, 11) is 0. The van der Waals surface area contributed by atoms with Crippen LogP contribution in [-0.4, -0.2) is 46.3 Å². The van der Waals surface area contributed by atoms with E-state index in [0.29, 0.717) is 31.7 Å².